The van der Waals surface area contributed by atoms with Gasteiger partial charge in [-0.3, -0.25) is 4.79 Å². The molecule has 0 bridgehead atoms. The van der Waals surface area contributed by atoms with E-state index in [2.05, 4.69) is 20.6 Å². The van der Waals surface area contributed by atoms with E-state index in [9.17, 15) is 9.18 Å². The Morgan fingerprint density at radius 3 is 3.07 bits per heavy atom. The zero-order chi connectivity index (χ0) is 18.6. The average molecular weight is 387 g/mol. The van der Waals surface area contributed by atoms with Crippen LogP contribution in [0.3, 0.4) is 0 Å². The van der Waals surface area contributed by atoms with Gasteiger partial charge in [0.15, 0.2) is 11.5 Å². The number of rotatable bonds is 6. The third kappa shape index (κ3) is 4.25. The van der Waals surface area contributed by atoms with Crippen LogP contribution in [0.1, 0.15) is 12.8 Å². The Kier molecular flexibility index (Phi) is 5.30. The van der Waals surface area contributed by atoms with Gasteiger partial charge >= 0.3 is 0 Å². The Morgan fingerprint density at radius 1 is 1.33 bits per heavy atom. The minimum atomic E-state index is -0.349. The van der Waals surface area contributed by atoms with E-state index in [0.717, 1.165) is 19.4 Å². The van der Waals surface area contributed by atoms with Gasteiger partial charge < -0.3 is 10.1 Å². The summed E-state index contributed by atoms with van der Waals surface area (Å²) in [4.78, 5) is 12.0. The molecule has 1 N–H and O–H groups in total. The Balaban J connectivity index is 1.43. The highest BCUT2D eigenvalue weighted by Gasteiger charge is 2.16. The lowest BCUT2D eigenvalue weighted by molar-refractivity contribution is -0.119. The number of nitrogens with one attached hydrogen (secondary N) is 1. The van der Waals surface area contributed by atoms with Gasteiger partial charge in [0, 0.05) is 18.7 Å². The number of carbonyl (C=O) groups is 1. The summed E-state index contributed by atoms with van der Waals surface area (Å²) in [5, 5.41) is 16.2. The van der Waals surface area contributed by atoms with Crippen LogP contribution in [0.5, 0.6) is 0 Å². The molecule has 3 aromatic rings. The van der Waals surface area contributed by atoms with Gasteiger partial charge in [0.25, 0.3) is 0 Å². The summed E-state index contributed by atoms with van der Waals surface area (Å²) >= 11 is 1.32. The molecule has 9 heteroatoms. The number of amides is 1. The molecule has 0 aliphatic carbocycles. The summed E-state index contributed by atoms with van der Waals surface area (Å²) in [6.07, 6.45) is 2.16. The molecule has 0 unspecified atom stereocenters. The molecule has 1 aliphatic rings. The molecular formula is C18H18FN5O2S. The number of aromatic nitrogens is 4. The molecule has 27 heavy (non-hydrogen) atoms. The van der Waals surface area contributed by atoms with Crippen molar-refractivity contribution in [2.45, 2.75) is 24.0 Å². The summed E-state index contributed by atoms with van der Waals surface area (Å²) in [7, 11) is 0. The van der Waals surface area contributed by atoms with E-state index < -0.39 is 0 Å². The van der Waals surface area contributed by atoms with Crippen LogP contribution in [0.25, 0.3) is 17.0 Å². The van der Waals surface area contributed by atoms with Crippen LogP contribution in [0.15, 0.2) is 41.4 Å². The fourth-order valence-corrected chi connectivity index (χ4v) is 3.56. The molecule has 7 nitrogen and oxygen atoms in total. The predicted molar refractivity (Wildman–Crippen MR) is 98.9 cm³/mol. The van der Waals surface area contributed by atoms with Crippen molar-refractivity contribution in [1.29, 1.82) is 0 Å². The molecule has 1 fully saturated rings. The summed E-state index contributed by atoms with van der Waals surface area (Å²) in [5.41, 5.74) is 1.15. The first-order valence-corrected chi connectivity index (χ1v) is 9.67. The van der Waals surface area contributed by atoms with Gasteiger partial charge in [-0.2, -0.15) is 9.61 Å². The standard InChI is InChI=1S/C18H18FN5O2S/c19-13-4-1-3-12(9-13)18-22-21-15-6-7-17(23-24(15)18)27-11-16(25)20-10-14-5-2-8-26-14/h1,3-4,6-7,9,14H,2,5,8,10-11H2,(H,20,25)/t14-/m0/s1. The number of thioether (sulfide) groups is 1. The van der Waals surface area contributed by atoms with Crippen LogP contribution in [0.2, 0.25) is 0 Å². The zero-order valence-corrected chi connectivity index (χ0v) is 15.3. The SMILES string of the molecule is O=C(CSc1ccc2nnc(-c3cccc(F)c3)n2n1)NC[C@@H]1CCCO1. The first-order chi connectivity index (χ1) is 13.2. The van der Waals surface area contributed by atoms with Crippen molar-refractivity contribution < 1.29 is 13.9 Å². The van der Waals surface area contributed by atoms with E-state index in [1.165, 1.54) is 23.9 Å². The van der Waals surface area contributed by atoms with E-state index in [-0.39, 0.29) is 23.6 Å². The maximum atomic E-state index is 13.5. The first-order valence-electron chi connectivity index (χ1n) is 8.68. The van der Waals surface area contributed by atoms with E-state index >= 15 is 0 Å². The maximum Gasteiger partial charge on any atom is 0.230 e. The lowest BCUT2D eigenvalue weighted by Gasteiger charge is -2.10. The van der Waals surface area contributed by atoms with Gasteiger partial charge in [-0.1, -0.05) is 23.9 Å². The smallest absolute Gasteiger partial charge is 0.230 e. The van der Waals surface area contributed by atoms with Gasteiger partial charge in [0.2, 0.25) is 5.91 Å². The second-order valence-corrected chi connectivity index (χ2v) is 7.20. The van der Waals surface area contributed by atoms with Gasteiger partial charge in [-0.15, -0.1) is 10.2 Å². The summed E-state index contributed by atoms with van der Waals surface area (Å²) < 4.78 is 20.5. The minimum absolute atomic E-state index is 0.0634. The third-order valence-electron chi connectivity index (χ3n) is 4.22. The lowest BCUT2D eigenvalue weighted by Crippen LogP contribution is -2.32. The molecule has 0 spiro atoms. The molecule has 0 radical (unpaired) electrons. The van der Waals surface area contributed by atoms with Crippen molar-refractivity contribution >= 4 is 23.3 Å². The second kappa shape index (κ2) is 8.01. The minimum Gasteiger partial charge on any atom is -0.376 e. The van der Waals surface area contributed by atoms with E-state index in [1.807, 2.05) is 0 Å². The molecule has 2 aromatic heterocycles. The van der Waals surface area contributed by atoms with E-state index in [0.29, 0.717) is 28.6 Å². The summed E-state index contributed by atoms with van der Waals surface area (Å²) in [5.74, 6) is 0.293. The fraction of sp³-hybridized carbons (Fsp3) is 0.333. The van der Waals surface area contributed by atoms with Crippen molar-refractivity contribution in [2.24, 2.45) is 0 Å². The van der Waals surface area contributed by atoms with Crippen molar-refractivity contribution in [2.75, 3.05) is 18.9 Å². The number of fused-ring (bicyclic) bond motifs is 1. The second-order valence-electron chi connectivity index (χ2n) is 6.20. The lowest BCUT2D eigenvalue weighted by atomic mass is 10.2. The zero-order valence-electron chi connectivity index (χ0n) is 14.5. The molecular weight excluding hydrogens is 369 g/mol. The number of carbonyl (C=O) groups excluding carboxylic acids is 1. The normalized spacial score (nSPS) is 16.7. The molecule has 4 rings (SSSR count). The van der Waals surface area contributed by atoms with Crippen molar-refractivity contribution in [3.63, 3.8) is 0 Å². The molecule has 1 aliphatic heterocycles. The van der Waals surface area contributed by atoms with Crippen molar-refractivity contribution in [3.8, 4) is 11.4 Å². The van der Waals surface area contributed by atoms with Gasteiger partial charge in [-0.05, 0) is 37.1 Å². The van der Waals surface area contributed by atoms with Crippen LogP contribution in [-0.2, 0) is 9.53 Å². The van der Waals surface area contributed by atoms with Crippen molar-refractivity contribution in [1.82, 2.24) is 25.1 Å². The maximum absolute atomic E-state index is 13.5. The number of hydrogen-bond acceptors (Lipinski definition) is 6. The highest BCUT2D eigenvalue weighted by Crippen LogP contribution is 2.21. The van der Waals surface area contributed by atoms with E-state index in [4.69, 9.17) is 4.74 Å². The van der Waals surface area contributed by atoms with Crippen LogP contribution in [0.4, 0.5) is 4.39 Å². The Hall–Kier alpha value is -2.52. The molecule has 1 aromatic carbocycles. The summed E-state index contributed by atoms with van der Waals surface area (Å²) in [6.45, 7) is 1.31. The molecule has 0 saturated carbocycles. The quantitative estimate of drug-likeness (QED) is 0.654. The molecule has 3 heterocycles. The molecule has 1 saturated heterocycles. The molecule has 1 amide bonds. The van der Waals surface area contributed by atoms with E-state index in [1.54, 1.807) is 28.8 Å². The number of ether oxygens (including phenoxy) is 1. The monoisotopic (exact) mass is 387 g/mol. The van der Waals surface area contributed by atoms with Crippen molar-refractivity contribution in [3.05, 3.63) is 42.2 Å². The number of halogens is 1. The Morgan fingerprint density at radius 2 is 2.26 bits per heavy atom. The largest absolute Gasteiger partial charge is 0.376 e. The first kappa shape index (κ1) is 17.9. The van der Waals surface area contributed by atoms with Gasteiger partial charge in [0.05, 0.1) is 11.9 Å². The third-order valence-corrected chi connectivity index (χ3v) is 5.14. The highest BCUT2D eigenvalue weighted by atomic mass is 32.2. The van der Waals surface area contributed by atoms with Gasteiger partial charge in [0.1, 0.15) is 10.8 Å². The topological polar surface area (TPSA) is 81.4 Å². The predicted octanol–water partition coefficient (Wildman–Crippen LogP) is 2.32. The van der Waals surface area contributed by atoms with Crippen LogP contribution >= 0.6 is 11.8 Å². The Labute approximate surface area is 159 Å². The number of nitrogens with zero attached hydrogens (tertiary/aromatic N) is 4. The van der Waals surface area contributed by atoms with Crippen LogP contribution in [0, 0.1) is 5.82 Å². The Bertz CT molecular complexity index is 958. The van der Waals surface area contributed by atoms with Crippen LogP contribution in [-0.4, -0.2) is 50.7 Å². The molecule has 1 atom stereocenters. The average Bonchev–Trinajstić information content (AvgIpc) is 3.34. The van der Waals surface area contributed by atoms with Crippen LogP contribution < -0.4 is 5.32 Å². The summed E-state index contributed by atoms with van der Waals surface area (Å²) in [6, 6.07) is 9.68. The van der Waals surface area contributed by atoms with Gasteiger partial charge in [-0.25, -0.2) is 4.39 Å². The number of hydrogen-bond donors (Lipinski definition) is 1. The highest BCUT2D eigenvalue weighted by molar-refractivity contribution is 7.99. The fourth-order valence-electron chi connectivity index (χ4n) is 2.88. The number of benzene rings is 1. The molecule has 140 valence electrons.